The Morgan fingerprint density at radius 1 is 1.44 bits per heavy atom. The number of hydrogen-bond acceptors (Lipinski definition) is 4. The summed E-state index contributed by atoms with van der Waals surface area (Å²) in [6.07, 6.45) is 1.41. The number of anilines is 1. The highest BCUT2D eigenvalue weighted by atomic mass is 127. The van der Waals surface area contributed by atoms with E-state index in [-0.39, 0.29) is 11.6 Å². The third-order valence-electron chi connectivity index (χ3n) is 2.24. The van der Waals surface area contributed by atoms with Crippen LogP contribution in [0.3, 0.4) is 0 Å². The zero-order chi connectivity index (χ0) is 13.2. The van der Waals surface area contributed by atoms with Crippen LogP contribution in [-0.2, 0) is 16.6 Å². The summed E-state index contributed by atoms with van der Waals surface area (Å²) in [5.41, 5.74) is 6.41. The highest BCUT2D eigenvalue weighted by Gasteiger charge is 2.20. The summed E-state index contributed by atoms with van der Waals surface area (Å²) in [7, 11) is -3.68. The summed E-state index contributed by atoms with van der Waals surface area (Å²) < 4.78 is 27.6. The Morgan fingerprint density at radius 2 is 2.22 bits per heavy atom. The van der Waals surface area contributed by atoms with E-state index < -0.39 is 10.0 Å². The van der Waals surface area contributed by atoms with Crippen LogP contribution in [0.25, 0.3) is 0 Å². The van der Waals surface area contributed by atoms with Crippen LogP contribution in [0, 0.1) is 3.57 Å². The van der Waals surface area contributed by atoms with E-state index in [4.69, 9.17) is 5.73 Å². The quantitative estimate of drug-likeness (QED) is 0.698. The number of aromatic nitrogens is 2. The molecule has 2 rings (SSSR count). The second-order valence-corrected chi connectivity index (χ2v) is 6.41. The van der Waals surface area contributed by atoms with Crippen LogP contribution in [-0.4, -0.2) is 18.6 Å². The zero-order valence-corrected chi connectivity index (χ0v) is 12.2. The predicted octanol–water partition coefficient (Wildman–Crippen LogP) is 1.27. The van der Waals surface area contributed by atoms with Gasteiger partial charge in [0.2, 0.25) is 0 Å². The van der Waals surface area contributed by atoms with E-state index in [1.807, 2.05) is 6.07 Å². The maximum absolute atomic E-state index is 12.1. The van der Waals surface area contributed by atoms with Crippen LogP contribution in [0.2, 0.25) is 0 Å². The van der Waals surface area contributed by atoms with E-state index in [1.54, 1.807) is 18.2 Å². The number of nitrogens with one attached hydrogen (secondary N) is 2. The lowest BCUT2D eigenvalue weighted by atomic mass is 10.3. The monoisotopic (exact) mass is 378 g/mol. The highest BCUT2D eigenvalue weighted by molar-refractivity contribution is 14.1. The number of hydrogen-bond donors (Lipinski definition) is 3. The summed E-state index contributed by atoms with van der Waals surface area (Å²) in [5, 5.41) is 6.15. The fraction of sp³-hybridized carbons (Fsp3) is 0.100. The molecule has 18 heavy (non-hydrogen) atoms. The van der Waals surface area contributed by atoms with Crippen molar-refractivity contribution < 1.29 is 8.42 Å². The van der Waals surface area contributed by atoms with E-state index >= 15 is 0 Å². The molecule has 1 heterocycles. The molecular formula is C10H11IN4O2S. The maximum atomic E-state index is 12.1. The van der Waals surface area contributed by atoms with Crippen molar-refractivity contribution in [2.75, 3.05) is 4.72 Å². The lowest BCUT2D eigenvalue weighted by Gasteiger charge is -2.07. The Kier molecular flexibility index (Phi) is 3.88. The largest absolute Gasteiger partial charge is 0.326 e. The minimum Gasteiger partial charge on any atom is -0.326 e. The molecule has 6 nitrogen and oxygen atoms in total. The molecule has 0 amide bonds. The smallest absolute Gasteiger partial charge is 0.279 e. The number of nitrogens with two attached hydrogens (primary N) is 1. The topological polar surface area (TPSA) is 101 Å². The normalized spacial score (nSPS) is 11.4. The molecule has 0 spiro atoms. The van der Waals surface area contributed by atoms with Crippen LogP contribution in [0.15, 0.2) is 35.5 Å². The third kappa shape index (κ3) is 2.82. The van der Waals surface area contributed by atoms with Crippen molar-refractivity contribution in [2.24, 2.45) is 5.73 Å². The molecule has 1 aromatic carbocycles. The Bertz CT molecular complexity index is 653. The van der Waals surface area contributed by atoms with Gasteiger partial charge in [0.25, 0.3) is 10.0 Å². The minimum absolute atomic E-state index is 0.00358. The molecule has 96 valence electrons. The fourth-order valence-corrected chi connectivity index (χ4v) is 3.17. The second-order valence-electron chi connectivity index (χ2n) is 3.54. The second kappa shape index (κ2) is 5.24. The van der Waals surface area contributed by atoms with Crippen molar-refractivity contribution in [3.05, 3.63) is 39.6 Å². The van der Waals surface area contributed by atoms with E-state index in [0.717, 1.165) is 3.57 Å². The molecule has 4 N–H and O–H groups in total. The van der Waals surface area contributed by atoms with Gasteiger partial charge in [-0.1, -0.05) is 6.07 Å². The average molecular weight is 378 g/mol. The van der Waals surface area contributed by atoms with Crippen molar-refractivity contribution >= 4 is 38.3 Å². The standard InChI is InChI=1S/C10H11IN4O2S/c11-8-2-1-3-9(4-8)15-18(16,17)10-7(5-12)6-13-14-10/h1-4,6,15H,5,12H2,(H,13,14). The van der Waals surface area contributed by atoms with E-state index in [1.165, 1.54) is 6.20 Å². The van der Waals surface area contributed by atoms with Gasteiger partial charge in [0.15, 0.2) is 5.03 Å². The van der Waals surface area contributed by atoms with Crippen LogP contribution < -0.4 is 10.5 Å². The first kappa shape index (κ1) is 13.3. The molecule has 0 saturated heterocycles. The molecule has 0 atom stereocenters. The molecule has 0 bridgehead atoms. The van der Waals surface area contributed by atoms with Gasteiger partial charge in [-0.15, -0.1) is 0 Å². The van der Waals surface area contributed by atoms with Crippen molar-refractivity contribution in [1.29, 1.82) is 0 Å². The third-order valence-corrected chi connectivity index (χ3v) is 4.31. The van der Waals surface area contributed by atoms with Gasteiger partial charge in [-0.05, 0) is 40.8 Å². The number of aromatic amines is 1. The molecule has 0 fully saturated rings. The van der Waals surface area contributed by atoms with Crippen molar-refractivity contribution in [3.63, 3.8) is 0 Å². The Labute approximate surface area is 118 Å². The van der Waals surface area contributed by atoms with Crippen molar-refractivity contribution in [2.45, 2.75) is 11.6 Å². The summed E-state index contributed by atoms with van der Waals surface area (Å²) >= 11 is 2.11. The molecule has 2 aromatic rings. The molecule has 0 aliphatic carbocycles. The number of halogens is 1. The zero-order valence-electron chi connectivity index (χ0n) is 9.22. The van der Waals surface area contributed by atoms with Gasteiger partial charge in [-0.3, -0.25) is 9.82 Å². The van der Waals surface area contributed by atoms with Gasteiger partial charge in [-0.25, -0.2) is 0 Å². The first-order valence-corrected chi connectivity index (χ1v) is 7.60. The summed E-state index contributed by atoms with van der Waals surface area (Å²) in [6, 6.07) is 7.06. The Hall–Kier alpha value is -1.13. The molecule has 0 aliphatic heterocycles. The summed E-state index contributed by atoms with van der Waals surface area (Å²) in [5.74, 6) is 0. The van der Waals surface area contributed by atoms with Crippen molar-refractivity contribution in [1.82, 2.24) is 10.2 Å². The molecule has 0 saturated carbocycles. The van der Waals surface area contributed by atoms with Gasteiger partial charge in [0.05, 0.1) is 6.20 Å². The van der Waals surface area contributed by atoms with Crippen molar-refractivity contribution in [3.8, 4) is 0 Å². The van der Waals surface area contributed by atoms with Gasteiger partial charge in [-0.2, -0.15) is 13.5 Å². The number of sulfonamides is 1. The Balaban J connectivity index is 2.33. The average Bonchev–Trinajstić information content (AvgIpc) is 2.77. The van der Waals surface area contributed by atoms with Gasteiger partial charge >= 0.3 is 0 Å². The minimum atomic E-state index is -3.68. The number of rotatable bonds is 4. The summed E-state index contributed by atoms with van der Waals surface area (Å²) in [6.45, 7) is 0.110. The summed E-state index contributed by atoms with van der Waals surface area (Å²) in [4.78, 5) is 0. The van der Waals surface area contributed by atoms with Crippen LogP contribution in [0.1, 0.15) is 5.56 Å². The van der Waals surface area contributed by atoms with Gasteiger partial charge < -0.3 is 5.73 Å². The number of H-pyrrole nitrogens is 1. The lowest BCUT2D eigenvalue weighted by molar-refractivity contribution is 0.596. The molecular weight excluding hydrogens is 367 g/mol. The lowest BCUT2D eigenvalue weighted by Crippen LogP contribution is -2.16. The number of nitrogens with zero attached hydrogens (tertiary/aromatic N) is 1. The molecule has 0 radical (unpaired) electrons. The fourth-order valence-electron chi connectivity index (χ4n) is 1.44. The molecule has 0 unspecified atom stereocenters. The van der Waals surface area contributed by atoms with Gasteiger partial charge in [0.1, 0.15) is 0 Å². The van der Waals surface area contributed by atoms with E-state index in [2.05, 4.69) is 37.5 Å². The van der Waals surface area contributed by atoms with E-state index in [9.17, 15) is 8.42 Å². The highest BCUT2D eigenvalue weighted by Crippen LogP contribution is 2.18. The molecule has 8 heteroatoms. The maximum Gasteiger partial charge on any atom is 0.279 e. The predicted molar refractivity (Wildman–Crippen MR) is 76.4 cm³/mol. The molecule has 0 aliphatic rings. The van der Waals surface area contributed by atoms with E-state index in [0.29, 0.717) is 11.3 Å². The van der Waals surface area contributed by atoms with Crippen LogP contribution >= 0.6 is 22.6 Å². The first-order valence-electron chi connectivity index (χ1n) is 5.03. The van der Waals surface area contributed by atoms with Gasteiger partial charge in [0, 0.05) is 21.4 Å². The Morgan fingerprint density at radius 3 is 2.89 bits per heavy atom. The first-order chi connectivity index (χ1) is 8.53. The van der Waals surface area contributed by atoms with Crippen LogP contribution in [0.5, 0.6) is 0 Å². The SMILES string of the molecule is NCc1cn[nH]c1S(=O)(=O)Nc1cccc(I)c1. The van der Waals surface area contributed by atoms with Crippen LogP contribution in [0.4, 0.5) is 5.69 Å². The number of benzene rings is 1. The molecule has 1 aromatic heterocycles.